The minimum atomic E-state index is -4.99. The minimum absolute atomic E-state index is 0.0235. The van der Waals surface area contributed by atoms with Crippen LogP contribution in [0, 0.1) is 0 Å². The summed E-state index contributed by atoms with van der Waals surface area (Å²) in [6.07, 6.45) is -8.79. The van der Waals surface area contributed by atoms with Gasteiger partial charge in [-0.05, 0) is 61.2 Å². The van der Waals surface area contributed by atoms with Crippen LogP contribution in [0.1, 0.15) is 58.6 Å². The zero-order valence-corrected chi connectivity index (χ0v) is 23.6. The van der Waals surface area contributed by atoms with Crippen LogP contribution in [-0.4, -0.2) is 53.5 Å². The Bertz CT molecular complexity index is 1470. The van der Waals surface area contributed by atoms with Gasteiger partial charge in [-0.25, -0.2) is 0 Å². The van der Waals surface area contributed by atoms with Gasteiger partial charge < -0.3 is 15.4 Å². The summed E-state index contributed by atoms with van der Waals surface area (Å²) in [6, 6.07) is 15.5. The number of nitrogens with one attached hydrogen (secondary N) is 2. The van der Waals surface area contributed by atoms with Crippen LogP contribution in [0.3, 0.4) is 0 Å². The number of nitrogens with zero attached hydrogens (tertiary/aromatic N) is 2. The number of aromatic nitrogens is 1. The van der Waals surface area contributed by atoms with Crippen LogP contribution in [0.5, 0.6) is 0 Å². The summed E-state index contributed by atoms with van der Waals surface area (Å²) >= 11 is 0. The molecule has 2 amide bonds. The first-order valence-corrected chi connectivity index (χ1v) is 13.9. The number of fused-ring (bicyclic) bond motifs is 2. The van der Waals surface area contributed by atoms with Gasteiger partial charge in [-0.15, -0.1) is 0 Å². The van der Waals surface area contributed by atoms with Crippen LogP contribution in [-0.2, 0) is 27.4 Å². The highest BCUT2D eigenvalue weighted by Crippen LogP contribution is 2.44. The lowest BCUT2D eigenvalue weighted by Gasteiger charge is -2.57. The van der Waals surface area contributed by atoms with Gasteiger partial charge >= 0.3 is 12.4 Å². The molecule has 0 saturated carbocycles. The molecule has 3 aromatic rings. The summed E-state index contributed by atoms with van der Waals surface area (Å²) in [5.74, 6) is -0.688. The maximum absolute atomic E-state index is 13.5. The van der Waals surface area contributed by atoms with Crippen LogP contribution in [0.25, 0.3) is 0 Å². The molecule has 2 aliphatic rings. The third kappa shape index (κ3) is 6.58. The molecule has 1 unspecified atom stereocenters. The molecule has 2 saturated heterocycles. The van der Waals surface area contributed by atoms with E-state index in [0.717, 1.165) is 5.56 Å². The van der Waals surface area contributed by atoms with E-state index >= 15 is 0 Å². The molecule has 3 heterocycles. The van der Waals surface area contributed by atoms with E-state index in [1.54, 1.807) is 18.2 Å². The van der Waals surface area contributed by atoms with E-state index in [4.69, 9.17) is 4.74 Å². The van der Waals surface area contributed by atoms with Crippen molar-refractivity contribution >= 4 is 11.8 Å². The fraction of sp³-hybridized carbons (Fsp3) is 0.387. The first-order chi connectivity index (χ1) is 20.7. The fourth-order valence-corrected chi connectivity index (χ4v) is 5.94. The Hall–Kier alpha value is -3.97. The van der Waals surface area contributed by atoms with Gasteiger partial charge in [0.25, 0.3) is 5.91 Å². The average molecular weight is 621 g/mol. The highest BCUT2D eigenvalue weighted by molar-refractivity contribution is 5.92. The molecule has 1 aromatic heterocycles. The quantitative estimate of drug-likeness (QED) is 0.326. The number of hydrogen-bond donors (Lipinski definition) is 2. The van der Waals surface area contributed by atoms with Crippen LogP contribution >= 0.6 is 0 Å². The Morgan fingerprint density at radius 2 is 1.66 bits per heavy atom. The zero-order valence-electron chi connectivity index (χ0n) is 23.6. The highest BCUT2D eigenvalue weighted by atomic mass is 19.4. The van der Waals surface area contributed by atoms with Crippen molar-refractivity contribution in [2.45, 2.75) is 49.3 Å². The van der Waals surface area contributed by atoms with Crippen molar-refractivity contribution in [1.82, 2.24) is 20.5 Å². The van der Waals surface area contributed by atoms with Crippen molar-refractivity contribution in [1.29, 1.82) is 0 Å². The number of halogens is 6. The molecule has 234 valence electrons. The Balaban J connectivity index is 1.41. The van der Waals surface area contributed by atoms with Crippen molar-refractivity contribution < 1.29 is 40.7 Å². The Labute approximate surface area is 249 Å². The Morgan fingerprint density at radius 1 is 1.00 bits per heavy atom. The number of carbonyl (C=O) groups excluding carboxylic acids is 2. The molecule has 2 N–H and O–H groups in total. The second-order valence-electron chi connectivity index (χ2n) is 11.3. The third-order valence-electron chi connectivity index (χ3n) is 8.30. The third-order valence-corrected chi connectivity index (χ3v) is 8.30. The van der Waals surface area contributed by atoms with Crippen molar-refractivity contribution in [3.63, 3.8) is 0 Å². The SMILES string of the molecule is C[C@@H](OC[C@@]1(c2ccccc2)CC[C@]2(CNC(=O)c3ccccn3)CN1CC(=O)N2)c1cc(C(F)(F)F)cc(C(F)(F)F)c1. The second-order valence-corrected chi connectivity index (χ2v) is 11.3. The van der Waals surface area contributed by atoms with Gasteiger partial charge in [0.05, 0.1) is 41.5 Å². The topological polar surface area (TPSA) is 83.6 Å². The van der Waals surface area contributed by atoms with Gasteiger partial charge in [0.1, 0.15) is 5.69 Å². The zero-order chi connectivity index (χ0) is 31.8. The molecule has 2 aromatic carbocycles. The number of benzene rings is 2. The smallest absolute Gasteiger partial charge is 0.372 e. The van der Waals surface area contributed by atoms with Crippen molar-refractivity contribution in [3.8, 4) is 0 Å². The lowest BCUT2D eigenvalue weighted by atomic mass is 9.73. The number of alkyl halides is 6. The number of carbonyl (C=O) groups is 2. The summed E-state index contributed by atoms with van der Waals surface area (Å²) in [7, 11) is 0. The number of piperazine rings is 1. The predicted molar refractivity (Wildman–Crippen MR) is 147 cm³/mol. The minimum Gasteiger partial charge on any atom is -0.372 e. The molecular weight excluding hydrogens is 590 g/mol. The molecule has 2 fully saturated rings. The van der Waals surface area contributed by atoms with E-state index in [1.165, 1.54) is 13.1 Å². The van der Waals surface area contributed by atoms with E-state index in [9.17, 15) is 35.9 Å². The molecule has 4 atom stereocenters. The number of hydrogen-bond acceptors (Lipinski definition) is 5. The molecule has 0 spiro atoms. The summed E-state index contributed by atoms with van der Waals surface area (Å²) in [5.41, 5.74) is -3.83. The summed E-state index contributed by atoms with van der Waals surface area (Å²) in [5, 5.41) is 5.87. The molecular formula is C31H30F6N4O3. The van der Waals surface area contributed by atoms with Gasteiger partial charge in [-0.1, -0.05) is 36.4 Å². The maximum Gasteiger partial charge on any atom is 0.416 e. The average Bonchev–Trinajstić information content (AvgIpc) is 2.99. The first kappa shape index (κ1) is 31.5. The molecule has 5 rings (SSSR count). The van der Waals surface area contributed by atoms with Gasteiger partial charge in [-0.3, -0.25) is 19.5 Å². The number of piperidine rings is 1. The molecule has 2 bridgehead atoms. The van der Waals surface area contributed by atoms with E-state index in [1.807, 2.05) is 35.2 Å². The molecule has 44 heavy (non-hydrogen) atoms. The van der Waals surface area contributed by atoms with Crippen LogP contribution < -0.4 is 10.6 Å². The van der Waals surface area contributed by atoms with Gasteiger partial charge in [0, 0.05) is 19.3 Å². The second kappa shape index (κ2) is 11.8. The Kier molecular flexibility index (Phi) is 8.47. The largest absolute Gasteiger partial charge is 0.416 e. The van der Waals surface area contributed by atoms with Gasteiger partial charge in [0.2, 0.25) is 5.91 Å². The summed E-state index contributed by atoms with van der Waals surface area (Å²) < 4.78 is 87.1. The van der Waals surface area contributed by atoms with Crippen molar-refractivity contribution in [3.05, 3.63) is 101 Å². The van der Waals surface area contributed by atoms with Gasteiger partial charge in [0.15, 0.2) is 0 Å². The molecule has 0 aliphatic carbocycles. The van der Waals surface area contributed by atoms with Crippen LogP contribution in [0.4, 0.5) is 26.3 Å². The van der Waals surface area contributed by atoms with Gasteiger partial charge in [-0.2, -0.15) is 26.3 Å². The first-order valence-electron chi connectivity index (χ1n) is 13.9. The summed E-state index contributed by atoms with van der Waals surface area (Å²) in [6.45, 7) is 1.70. The normalized spacial score (nSPS) is 24.3. The van der Waals surface area contributed by atoms with Crippen molar-refractivity contribution in [2.24, 2.45) is 0 Å². The number of amides is 2. The lowest BCUT2D eigenvalue weighted by molar-refractivity contribution is -0.143. The van der Waals surface area contributed by atoms with E-state index in [0.29, 0.717) is 31.5 Å². The summed E-state index contributed by atoms with van der Waals surface area (Å²) in [4.78, 5) is 31.7. The maximum atomic E-state index is 13.5. The standard InChI is InChI=1S/C31H30F6N4O3/c1-20(21-13-23(30(32,33)34)15-24(14-21)31(35,36)37)44-19-29(22-7-3-2-4-8-22)11-10-28(18-41(29)16-26(42)40-28)17-39-27(43)25-9-5-6-12-38-25/h2-9,12-15,20H,10-11,16-19H2,1H3,(H,39,43)(H,40,42)/t20-,28+,29-/m1/s1. The number of rotatable bonds is 8. The fourth-order valence-electron chi connectivity index (χ4n) is 5.94. The monoisotopic (exact) mass is 620 g/mol. The van der Waals surface area contributed by atoms with E-state index < -0.39 is 46.6 Å². The molecule has 7 nitrogen and oxygen atoms in total. The van der Waals surface area contributed by atoms with Crippen LogP contribution in [0.15, 0.2) is 72.9 Å². The highest BCUT2D eigenvalue weighted by Gasteiger charge is 2.53. The number of pyridine rings is 1. The van der Waals surface area contributed by atoms with Crippen LogP contribution in [0.2, 0.25) is 0 Å². The Morgan fingerprint density at radius 3 is 2.27 bits per heavy atom. The molecule has 13 heteroatoms. The molecule has 0 radical (unpaired) electrons. The lowest BCUT2D eigenvalue weighted by Crippen LogP contribution is -2.74. The number of ether oxygens (including phenoxy) is 1. The van der Waals surface area contributed by atoms with Crippen molar-refractivity contribution in [2.75, 3.05) is 26.2 Å². The van der Waals surface area contributed by atoms with E-state index in [-0.39, 0.29) is 42.9 Å². The predicted octanol–water partition coefficient (Wildman–Crippen LogP) is 5.49. The molecule has 2 aliphatic heterocycles. The van der Waals surface area contributed by atoms with E-state index in [2.05, 4.69) is 15.6 Å².